The smallest absolute Gasteiger partial charge is 0.240 e. The molecular formula is C12H24N2O. The molecule has 1 aliphatic rings. The van der Waals surface area contributed by atoms with E-state index in [-0.39, 0.29) is 17.5 Å². The summed E-state index contributed by atoms with van der Waals surface area (Å²) < 4.78 is 0. The highest BCUT2D eigenvalue weighted by molar-refractivity contribution is 5.84. The maximum atomic E-state index is 12.1. The molecule has 1 atom stereocenters. The average molecular weight is 212 g/mol. The number of hydrogen-bond acceptors (Lipinski definition) is 2. The molecule has 0 aromatic heterocycles. The molecular weight excluding hydrogens is 188 g/mol. The van der Waals surface area contributed by atoms with Gasteiger partial charge in [-0.2, -0.15) is 0 Å². The van der Waals surface area contributed by atoms with E-state index < -0.39 is 0 Å². The summed E-state index contributed by atoms with van der Waals surface area (Å²) in [5, 5.41) is 3.33. The van der Waals surface area contributed by atoms with Crippen LogP contribution in [-0.2, 0) is 4.79 Å². The first kappa shape index (κ1) is 12.5. The molecule has 1 heterocycles. The molecule has 15 heavy (non-hydrogen) atoms. The third-order valence-corrected chi connectivity index (χ3v) is 3.34. The van der Waals surface area contributed by atoms with Gasteiger partial charge in [-0.3, -0.25) is 4.79 Å². The van der Waals surface area contributed by atoms with Gasteiger partial charge in [-0.1, -0.05) is 20.8 Å². The Bertz CT molecular complexity index is 236. The molecule has 1 unspecified atom stereocenters. The largest absolute Gasteiger partial charge is 0.336 e. The molecule has 1 saturated heterocycles. The van der Waals surface area contributed by atoms with Crippen molar-refractivity contribution < 1.29 is 4.79 Å². The van der Waals surface area contributed by atoms with Crippen LogP contribution in [0.5, 0.6) is 0 Å². The molecule has 1 N–H and O–H groups in total. The lowest BCUT2D eigenvalue weighted by Gasteiger charge is -2.35. The second-order valence-electron chi connectivity index (χ2n) is 5.32. The molecule has 88 valence electrons. The van der Waals surface area contributed by atoms with Crippen LogP contribution in [0.15, 0.2) is 0 Å². The number of carbonyl (C=O) groups excluding carboxylic acids is 1. The number of hydrogen-bond donors (Lipinski definition) is 1. The minimum Gasteiger partial charge on any atom is -0.336 e. The number of rotatable bonds is 4. The van der Waals surface area contributed by atoms with E-state index in [4.69, 9.17) is 0 Å². The van der Waals surface area contributed by atoms with Crippen LogP contribution in [0.25, 0.3) is 0 Å². The monoisotopic (exact) mass is 212 g/mol. The van der Waals surface area contributed by atoms with E-state index in [9.17, 15) is 4.79 Å². The van der Waals surface area contributed by atoms with E-state index in [0.29, 0.717) is 6.04 Å². The van der Waals surface area contributed by atoms with Crippen molar-refractivity contribution in [1.29, 1.82) is 0 Å². The van der Waals surface area contributed by atoms with Crippen LogP contribution in [0.2, 0.25) is 0 Å². The molecule has 0 aromatic rings. The van der Waals surface area contributed by atoms with Gasteiger partial charge >= 0.3 is 0 Å². The molecule has 0 spiro atoms. The minimum absolute atomic E-state index is 0.00446. The van der Waals surface area contributed by atoms with Crippen LogP contribution in [-0.4, -0.2) is 35.0 Å². The topological polar surface area (TPSA) is 32.3 Å². The van der Waals surface area contributed by atoms with Crippen LogP contribution in [0.4, 0.5) is 0 Å². The number of nitrogens with zero attached hydrogens (tertiary/aromatic N) is 1. The zero-order valence-electron chi connectivity index (χ0n) is 10.6. The van der Waals surface area contributed by atoms with Crippen molar-refractivity contribution in [2.45, 2.75) is 65.1 Å². The Morgan fingerprint density at radius 2 is 2.13 bits per heavy atom. The molecule has 1 amide bonds. The van der Waals surface area contributed by atoms with E-state index >= 15 is 0 Å². The third kappa shape index (κ3) is 2.71. The SMILES string of the molecule is CCC(C)(C)N1CCC(NC(C)C)C1=O. The summed E-state index contributed by atoms with van der Waals surface area (Å²) in [5.74, 6) is 0.274. The zero-order valence-corrected chi connectivity index (χ0v) is 10.6. The highest BCUT2D eigenvalue weighted by atomic mass is 16.2. The number of likely N-dealkylation sites (tertiary alicyclic amines) is 1. The predicted octanol–water partition coefficient (Wildman–Crippen LogP) is 1.77. The van der Waals surface area contributed by atoms with Crippen molar-refractivity contribution in [3.63, 3.8) is 0 Å². The fraction of sp³-hybridized carbons (Fsp3) is 0.917. The normalized spacial score (nSPS) is 22.9. The zero-order chi connectivity index (χ0) is 11.6. The van der Waals surface area contributed by atoms with Crippen molar-refractivity contribution in [2.75, 3.05) is 6.54 Å². The molecule has 1 aliphatic heterocycles. The Morgan fingerprint density at radius 1 is 1.53 bits per heavy atom. The van der Waals surface area contributed by atoms with Crippen LogP contribution >= 0.6 is 0 Å². The van der Waals surface area contributed by atoms with Crippen LogP contribution < -0.4 is 5.32 Å². The summed E-state index contributed by atoms with van der Waals surface area (Å²) in [7, 11) is 0. The van der Waals surface area contributed by atoms with Gasteiger partial charge in [-0.25, -0.2) is 0 Å². The summed E-state index contributed by atoms with van der Waals surface area (Å²) in [6, 6.07) is 0.416. The summed E-state index contributed by atoms with van der Waals surface area (Å²) in [4.78, 5) is 14.1. The number of carbonyl (C=O) groups is 1. The number of amides is 1. The van der Waals surface area contributed by atoms with E-state index in [1.807, 2.05) is 4.90 Å². The highest BCUT2D eigenvalue weighted by Gasteiger charge is 2.38. The molecule has 0 bridgehead atoms. The minimum atomic E-state index is 0.00446. The third-order valence-electron chi connectivity index (χ3n) is 3.34. The fourth-order valence-corrected chi connectivity index (χ4v) is 2.03. The summed E-state index contributed by atoms with van der Waals surface area (Å²) in [6.07, 6.45) is 1.95. The molecule has 0 aliphatic carbocycles. The van der Waals surface area contributed by atoms with Gasteiger partial charge in [0.2, 0.25) is 5.91 Å². The Morgan fingerprint density at radius 3 is 2.60 bits per heavy atom. The Balaban J connectivity index is 2.64. The van der Waals surface area contributed by atoms with Crippen LogP contribution in [0.1, 0.15) is 47.5 Å². The Hall–Kier alpha value is -0.570. The average Bonchev–Trinajstić information content (AvgIpc) is 2.48. The maximum absolute atomic E-state index is 12.1. The van der Waals surface area contributed by atoms with E-state index in [0.717, 1.165) is 19.4 Å². The molecule has 0 saturated carbocycles. The van der Waals surface area contributed by atoms with Gasteiger partial charge < -0.3 is 10.2 Å². The second-order valence-corrected chi connectivity index (χ2v) is 5.32. The van der Waals surface area contributed by atoms with Crippen molar-refractivity contribution in [3.8, 4) is 0 Å². The standard InChI is InChI=1S/C12H24N2O/c1-6-12(4,5)14-8-7-10(11(14)15)13-9(2)3/h9-10,13H,6-8H2,1-5H3. The van der Waals surface area contributed by atoms with Gasteiger partial charge in [0.1, 0.15) is 0 Å². The van der Waals surface area contributed by atoms with Gasteiger partial charge in [-0.15, -0.1) is 0 Å². The van der Waals surface area contributed by atoms with E-state index in [1.54, 1.807) is 0 Å². The Kier molecular flexibility index (Phi) is 3.77. The first-order chi connectivity index (χ1) is 6.88. The van der Waals surface area contributed by atoms with Gasteiger partial charge in [0.15, 0.2) is 0 Å². The fourth-order valence-electron chi connectivity index (χ4n) is 2.03. The van der Waals surface area contributed by atoms with Gasteiger partial charge in [0, 0.05) is 18.1 Å². The van der Waals surface area contributed by atoms with Gasteiger partial charge in [-0.05, 0) is 26.7 Å². The lowest BCUT2D eigenvalue weighted by atomic mass is 10.00. The van der Waals surface area contributed by atoms with Crippen molar-refractivity contribution >= 4 is 5.91 Å². The molecule has 1 fully saturated rings. The first-order valence-electron chi connectivity index (χ1n) is 5.96. The summed E-state index contributed by atoms with van der Waals surface area (Å²) >= 11 is 0. The molecule has 3 heteroatoms. The van der Waals surface area contributed by atoms with Gasteiger partial charge in [0.05, 0.1) is 6.04 Å². The molecule has 1 rings (SSSR count). The maximum Gasteiger partial charge on any atom is 0.240 e. The lowest BCUT2D eigenvalue weighted by molar-refractivity contribution is -0.134. The highest BCUT2D eigenvalue weighted by Crippen LogP contribution is 2.25. The molecule has 0 radical (unpaired) electrons. The van der Waals surface area contributed by atoms with Gasteiger partial charge in [0.25, 0.3) is 0 Å². The van der Waals surface area contributed by atoms with Crippen molar-refractivity contribution in [2.24, 2.45) is 0 Å². The quantitative estimate of drug-likeness (QED) is 0.770. The summed E-state index contributed by atoms with van der Waals surface area (Å²) in [5.41, 5.74) is 0.00446. The lowest BCUT2D eigenvalue weighted by Crippen LogP contribution is -2.49. The Labute approximate surface area is 93.2 Å². The first-order valence-corrected chi connectivity index (χ1v) is 5.96. The second kappa shape index (κ2) is 4.52. The molecule has 0 aromatic carbocycles. The van der Waals surface area contributed by atoms with Crippen molar-refractivity contribution in [3.05, 3.63) is 0 Å². The molecule has 3 nitrogen and oxygen atoms in total. The van der Waals surface area contributed by atoms with Crippen molar-refractivity contribution in [1.82, 2.24) is 10.2 Å². The van der Waals surface area contributed by atoms with Crippen LogP contribution in [0.3, 0.4) is 0 Å². The summed E-state index contributed by atoms with van der Waals surface area (Å²) in [6.45, 7) is 11.5. The van der Waals surface area contributed by atoms with E-state index in [2.05, 4.69) is 39.9 Å². The van der Waals surface area contributed by atoms with E-state index in [1.165, 1.54) is 0 Å². The number of nitrogens with one attached hydrogen (secondary N) is 1. The van der Waals surface area contributed by atoms with Crippen LogP contribution in [0, 0.1) is 0 Å². The predicted molar refractivity (Wildman–Crippen MR) is 62.8 cm³/mol.